The molecule has 0 aliphatic carbocycles. The van der Waals surface area contributed by atoms with Crippen molar-refractivity contribution in [2.75, 3.05) is 29.9 Å². The highest BCUT2D eigenvalue weighted by molar-refractivity contribution is 5.99. The maximum absolute atomic E-state index is 15.6. The fraction of sp³-hybridized carbons (Fsp3) is 0.333. The predicted octanol–water partition coefficient (Wildman–Crippen LogP) is 7.28. The number of morpholine rings is 1. The second-order valence-corrected chi connectivity index (χ2v) is 11.5. The summed E-state index contributed by atoms with van der Waals surface area (Å²) in [6.07, 6.45) is 4.58. The maximum Gasteiger partial charge on any atom is 0.137 e. The van der Waals surface area contributed by atoms with Gasteiger partial charge in [0, 0.05) is 66.1 Å². The summed E-state index contributed by atoms with van der Waals surface area (Å²) >= 11 is 0. The first-order valence-corrected chi connectivity index (χ1v) is 14.6. The molecule has 1 unspecified atom stereocenters. The zero-order chi connectivity index (χ0) is 30.2. The minimum Gasteiger partial charge on any atom is -0.375 e. The molecule has 4 aromatic heterocycles. The standard InChI is InChI=1S/C33H35F2N7O/c1-18(2)12-23-17-42(10-11-43-23)29-15-27(24(16-37-29)30-20(4)40-41-21(30)5)38-33-19(3)32(26-8-6-7-9-36-26)39-28-14-22(34)13-25(35)31(28)33/h6-9,13-16,18,23H,10-12,17H2,1-5H3,(H,40,41)(H,37,38,39). The maximum atomic E-state index is 15.6. The molecule has 1 saturated heterocycles. The number of hydrogen-bond donors (Lipinski definition) is 2. The topological polar surface area (TPSA) is 91.9 Å². The molecule has 6 rings (SSSR count). The highest BCUT2D eigenvalue weighted by Gasteiger charge is 2.25. The van der Waals surface area contributed by atoms with Crippen molar-refractivity contribution in [3.05, 3.63) is 77.4 Å². The van der Waals surface area contributed by atoms with Crippen LogP contribution >= 0.6 is 0 Å². The summed E-state index contributed by atoms with van der Waals surface area (Å²) < 4.78 is 36.0. The molecule has 1 aliphatic heterocycles. The van der Waals surface area contributed by atoms with Crippen LogP contribution in [-0.4, -0.2) is 50.9 Å². The molecular formula is C33H35F2N7O. The van der Waals surface area contributed by atoms with Crippen molar-refractivity contribution in [1.82, 2.24) is 25.1 Å². The Balaban J connectivity index is 1.53. The van der Waals surface area contributed by atoms with Gasteiger partial charge in [0.2, 0.25) is 0 Å². The Morgan fingerprint density at radius 2 is 1.95 bits per heavy atom. The molecule has 1 aliphatic rings. The molecule has 1 aromatic carbocycles. The van der Waals surface area contributed by atoms with Gasteiger partial charge in [0.15, 0.2) is 0 Å². The molecule has 10 heteroatoms. The van der Waals surface area contributed by atoms with E-state index in [1.54, 1.807) is 6.20 Å². The van der Waals surface area contributed by atoms with Gasteiger partial charge in [-0.25, -0.2) is 18.7 Å². The minimum absolute atomic E-state index is 0.112. The van der Waals surface area contributed by atoms with Gasteiger partial charge in [-0.2, -0.15) is 5.10 Å². The highest BCUT2D eigenvalue weighted by atomic mass is 19.1. The van der Waals surface area contributed by atoms with Gasteiger partial charge in [0.05, 0.1) is 52.1 Å². The first kappa shape index (κ1) is 28.7. The van der Waals surface area contributed by atoms with Crippen LogP contribution in [0.5, 0.6) is 0 Å². The predicted molar refractivity (Wildman–Crippen MR) is 166 cm³/mol. The molecule has 0 saturated carbocycles. The number of rotatable bonds is 7. The van der Waals surface area contributed by atoms with Crippen LogP contribution in [-0.2, 0) is 4.74 Å². The van der Waals surface area contributed by atoms with E-state index < -0.39 is 11.6 Å². The molecule has 0 bridgehead atoms. The van der Waals surface area contributed by atoms with Crippen molar-refractivity contribution in [2.24, 2.45) is 5.92 Å². The summed E-state index contributed by atoms with van der Waals surface area (Å²) in [5.74, 6) is -0.0916. The Morgan fingerprint density at radius 3 is 2.67 bits per heavy atom. The number of nitrogens with zero attached hydrogens (tertiary/aromatic N) is 5. The second-order valence-electron chi connectivity index (χ2n) is 11.5. The summed E-state index contributed by atoms with van der Waals surface area (Å²) in [6.45, 7) is 12.2. The number of aromatic nitrogens is 5. The van der Waals surface area contributed by atoms with Crippen LogP contribution in [0.1, 0.15) is 37.2 Å². The first-order valence-electron chi connectivity index (χ1n) is 14.6. The van der Waals surface area contributed by atoms with Crippen molar-refractivity contribution in [3.63, 3.8) is 0 Å². The number of ether oxygens (including phenoxy) is 1. The second kappa shape index (κ2) is 11.7. The number of aryl methyl sites for hydroxylation is 2. The van der Waals surface area contributed by atoms with Gasteiger partial charge < -0.3 is 15.0 Å². The van der Waals surface area contributed by atoms with Crippen LogP contribution in [0.2, 0.25) is 0 Å². The quantitative estimate of drug-likeness (QED) is 0.208. The molecular weight excluding hydrogens is 548 g/mol. The SMILES string of the molecule is Cc1n[nH]c(C)c1-c1cnc(N2CCOC(CC(C)C)C2)cc1Nc1c(C)c(-c2ccccn2)nc2cc(F)cc(F)c12. The summed E-state index contributed by atoms with van der Waals surface area (Å²) in [5.41, 5.74) is 6.66. The van der Waals surface area contributed by atoms with Gasteiger partial charge in [0.25, 0.3) is 0 Å². The van der Waals surface area contributed by atoms with E-state index in [2.05, 4.69) is 44.2 Å². The molecule has 222 valence electrons. The smallest absolute Gasteiger partial charge is 0.137 e. The van der Waals surface area contributed by atoms with E-state index in [4.69, 9.17) is 9.72 Å². The van der Waals surface area contributed by atoms with E-state index in [1.807, 2.05) is 51.2 Å². The molecule has 2 N–H and O–H groups in total. The zero-order valence-electron chi connectivity index (χ0n) is 25.0. The van der Waals surface area contributed by atoms with Crippen LogP contribution in [0.3, 0.4) is 0 Å². The van der Waals surface area contributed by atoms with Crippen LogP contribution < -0.4 is 10.2 Å². The average molecular weight is 584 g/mol. The van der Waals surface area contributed by atoms with Crippen LogP contribution in [0.25, 0.3) is 33.4 Å². The van der Waals surface area contributed by atoms with Gasteiger partial charge in [-0.1, -0.05) is 19.9 Å². The number of aromatic amines is 1. The fourth-order valence-corrected chi connectivity index (χ4v) is 5.91. The number of nitrogens with one attached hydrogen (secondary N) is 2. The van der Waals surface area contributed by atoms with E-state index in [0.717, 1.165) is 53.1 Å². The average Bonchev–Trinajstić information content (AvgIpc) is 3.31. The molecule has 1 fully saturated rings. The van der Waals surface area contributed by atoms with Crippen LogP contribution in [0.15, 0.2) is 48.8 Å². The number of H-pyrrole nitrogens is 1. The van der Waals surface area contributed by atoms with E-state index in [0.29, 0.717) is 41.7 Å². The molecule has 8 nitrogen and oxygen atoms in total. The molecule has 43 heavy (non-hydrogen) atoms. The number of anilines is 3. The fourth-order valence-electron chi connectivity index (χ4n) is 5.91. The Morgan fingerprint density at radius 1 is 1.12 bits per heavy atom. The molecule has 0 amide bonds. The van der Waals surface area contributed by atoms with Crippen molar-refractivity contribution in [1.29, 1.82) is 0 Å². The first-order chi connectivity index (χ1) is 20.7. The monoisotopic (exact) mass is 583 g/mol. The third kappa shape index (κ3) is 5.67. The Bertz CT molecular complexity index is 1770. The van der Waals surface area contributed by atoms with Crippen molar-refractivity contribution >= 4 is 28.1 Å². The highest BCUT2D eigenvalue weighted by Crippen LogP contribution is 2.41. The van der Waals surface area contributed by atoms with Crippen LogP contribution in [0.4, 0.5) is 26.0 Å². The summed E-state index contributed by atoms with van der Waals surface area (Å²) in [5, 5.41) is 11.2. The van der Waals surface area contributed by atoms with E-state index in [9.17, 15) is 4.39 Å². The number of fused-ring (bicyclic) bond motifs is 1. The van der Waals surface area contributed by atoms with E-state index in [-0.39, 0.29) is 17.0 Å². The number of hydrogen-bond acceptors (Lipinski definition) is 7. The third-order valence-electron chi connectivity index (χ3n) is 7.90. The lowest BCUT2D eigenvalue weighted by atomic mass is 10.0. The Kier molecular flexibility index (Phi) is 7.79. The Labute approximate surface area is 249 Å². The van der Waals surface area contributed by atoms with Crippen LogP contribution in [0, 0.1) is 38.3 Å². The lowest BCUT2D eigenvalue weighted by molar-refractivity contribution is 0.0273. The Hall–Kier alpha value is -4.44. The van der Waals surface area contributed by atoms with Crippen molar-refractivity contribution < 1.29 is 13.5 Å². The zero-order valence-corrected chi connectivity index (χ0v) is 25.0. The number of pyridine rings is 3. The summed E-state index contributed by atoms with van der Waals surface area (Å²) in [6, 6.07) is 9.64. The van der Waals surface area contributed by atoms with E-state index >= 15 is 4.39 Å². The molecule has 5 heterocycles. The number of benzene rings is 1. The minimum atomic E-state index is -0.697. The normalized spacial score (nSPS) is 15.4. The van der Waals surface area contributed by atoms with Crippen molar-refractivity contribution in [2.45, 2.75) is 47.1 Å². The lowest BCUT2D eigenvalue weighted by Crippen LogP contribution is -2.43. The van der Waals surface area contributed by atoms with Gasteiger partial charge in [-0.3, -0.25) is 10.1 Å². The van der Waals surface area contributed by atoms with E-state index in [1.165, 1.54) is 6.07 Å². The molecule has 0 spiro atoms. The summed E-state index contributed by atoms with van der Waals surface area (Å²) in [4.78, 5) is 16.2. The molecule has 5 aromatic rings. The molecule has 1 atom stereocenters. The lowest BCUT2D eigenvalue weighted by Gasteiger charge is -2.35. The number of halogens is 2. The largest absolute Gasteiger partial charge is 0.375 e. The van der Waals surface area contributed by atoms with Gasteiger partial charge in [0.1, 0.15) is 17.5 Å². The van der Waals surface area contributed by atoms with Gasteiger partial charge >= 0.3 is 0 Å². The van der Waals surface area contributed by atoms with Gasteiger partial charge in [-0.05, 0) is 45.2 Å². The summed E-state index contributed by atoms with van der Waals surface area (Å²) in [7, 11) is 0. The van der Waals surface area contributed by atoms with Crippen molar-refractivity contribution in [3.8, 4) is 22.5 Å². The van der Waals surface area contributed by atoms with Gasteiger partial charge in [-0.15, -0.1) is 0 Å². The third-order valence-corrected chi connectivity index (χ3v) is 7.90. The molecule has 0 radical (unpaired) electrons.